The Morgan fingerprint density at radius 1 is 1.65 bits per heavy atom. The molecule has 1 fully saturated rings. The van der Waals surface area contributed by atoms with Crippen LogP contribution >= 0.6 is 15.9 Å². The van der Waals surface area contributed by atoms with Crippen LogP contribution in [0.25, 0.3) is 0 Å². The van der Waals surface area contributed by atoms with Crippen molar-refractivity contribution in [2.45, 2.75) is 38.1 Å². The summed E-state index contributed by atoms with van der Waals surface area (Å²) in [4.78, 5) is 11.3. The molecule has 1 aliphatic carbocycles. The second-order valence-electron chi connectivity index (χ2n) is 4.49. The summed E-state index contributed by atoms with van der Waals surface area (Å²) in [6.45, 7) is 0. The molecule has 1 aromatic rings. The summed E-state index contributed by atoms with van der Waals surface area (Å²) in [6, 6.07) is 1.74. The molecule has 4 nitrogen and oxygen atoms in total. The van der Waals surface area contributed by atoms with Gasteiger partial charge in [-0.05, 0) is 34.7 Å². The van der Waals surface area contributed by atoms with Gasteiger partial charge in [-0.2, -0.15) is 10.4 Å². The highest BCUT2D eigenvalue weighted by Crippen LogP contribution is 2.36. The van der Waals surface area contributed by atoms with Crippen molar-refractivity contribution < 1.29 is 4.79 Å². The average Bonchev–Trinajstić information content (AvgIpc) is 2.96. The van der Waals surface area contributed by atoms with Crippen LogP contribution < -0.4 is 0 Å². The zero-order chi connectivity index (χ0) is 12.3. The highest BCUT2D eigenvalue weighted by Gasteiger charge is 2.28. The van der Waals surface area contributed by atoms with Gasteiger partial charge in [-0.25, -0.2) is 0 Å². The van der Waals surface area contributed by atoms with Gasteiger partial charge in [-0.1, -0.05) is 12.8 Å². The Morgan fingerprint density at radius 2 is 2.35 bits per heavy atom. The van der Waals surface area contributed by atoms with Crippen molar-refractivity contribution >= 4 is 21.7 Å². The van der Waals surface area contributed by atoms with Gasteiger partial charge >= 0.3 is 0 Å². The first-order chi connectivity index (χ1) is 8.20. The quantitative estimate of drug-likeness (QED) is 0.803. The lowest BCUT2D eigenvalue weighted by Crippen LogP contribution is -2.21. The summed E-state index contributed by atoms with van der Waals surface area (Å²) in [7, 11) is 0. The molecular weight excluding hydrogens is 282 g/mol. The largest absolute Gasteiger partial charge is 0.283 e. The third kappa shape index (κ3) is 2.95. The number of ketones is 1. The summed E-state index contributed by atoms with van der Waals surface area (Å²) in [5, 5.41) is 12.9. The zero-order valence-corrected chi connectivity index (χ0v) is 11.1. The van der Waals surface area contributed by atoms with Gasteiger partial charge in [-0.3, -0.25) is 9.48 Å². The molecule has 0 spiro atoms. The Morgan fingerprint density at radius 3 is 2.88 bits per heavy atom. The molecule has 1 saturated carbocycles. The molecule has 0 aliphatic heterocycles. The third-order valence-electron chi connectivity index (χ3n) is 3.37. The molecule has 5 heteroatoms. The van der Waals surface area contributed by atoms with Gasteiger partial charge in [0.15, 0.2) is 0 Å². The number of Topliss-reactive ketones (excluding diaryl/α,β-unsaturated/α-hetero) is 1. The number of hydrogen-bond donors (Lipinski definition) is 0. The normalized spacial score (nSPS) is 17.9. The van der Waals surface area contributed by atoms with Crippen LogP contribution in [0.1, 0.15) is 38.1 Å². The Kier molecular flexibility index (Phi) is 3.95. The standard InChI is InChI=1S/C12H14BrN3O/c13-10-7-15-16(8-10)12(5-11(17)6-14)9-3-1-2-4-9/h7-9,12H,1-5H2/t12-/m1/s1. The lowest BCUT2D eigenvalue weighted by molar-refractivity contribution is -0.115. The molecule has 17 heavy (non-hydrogen) atoms. The number of halogens is 1. The van der Waals surface area contributed by atoms with E-state index in [1.807, 2.05) is 10.9 Å². The second-order valence-corrected chi connectivity index (χ2v) is 5.41. The number of aromatic nitrogens is 2. The van der Waals surface area contributed by atoms with E-state index in [9.17, 15) is 4.79 Å². The number of carbonyl (C=O) groups excluding carboxylic acids is 1. The molecule has 1 heterocycles. The predicted octanol–water partition coefficient (Wildman–Crippen LogP) is 2.86. The molecule has 0 saturated heterocycles. The van der Waals surface area contributed by atoms with Crippen LogP contribution in [0.4, 0.5) is 0 Å². The summed E-state index contributed by atoms with van der Waals surface area (Å²) in [5.41, 5.74) is 0. The number of rotatable bonds is 4. The van der Waals surface area contributed by atoms with Crippen LogP contribution in [-0.2, 0) is 4.79 Å². The van der Waals surface area contributed by atoms with E-state index in [0.29, 0.717) is 5.92 Å². The van der Waals surface area contributed by atoms with E-state index in [1.54, 1.807) is 12.3 Å². The van der Waals surface area contributed by atoms with Crippen molar-refractivity contribution in [1.29, 1.82) is 5.26 Å². The first-order valence-electron chi connectivity index (χ1n) is 5.83. The number of nitrogens with zero attached hydrogens (tertiary/aromatic N) is 3. The van der Waals surface area contributed by atoms with Crippen LogP contribution in [0.3, 0.4) is 0 Å². The first-order valence-corrected chi connectivity index (χ1v) is 6.62. The molecule has 1 aliphatic rings. The van der Waals surface area contributed by atoms with Crippen LogP contribution in [-0.4, -0.2) is 15.6 Å². The topological polar surface area (TPSA) is 58.7 Å². The summed E-state index contributed by atoms with van der Waals surface area (Å²) in [5.74, 6) is 0.118. The van der Waals surface area contributed by atoms with E-state index in [2.05, 4.69) is 21.0 Å². The molecule has 0 bridgehead atoms. The van der Waals surface area contributed by atoms with Gasteiger partial charge in [0.1, 0.15) is 6.07 Å². The predicted molar refractivity (Wildman–Crippen MR) is 66.2 cm³/mol. The monoisotopic (exact) mass is 295 g/mol. The fourth-order valence-electron chi connectivity index (χ4n) is 2.55. The number of carbonyl (C=O) groups is 1. The van der Waals surface area contributed by atoms with Gasteiger partial charge in [-0.15, -0.1) is 0 Å². The molecule has 0 N–H and O–H groups in total. The molecule has 0 amide bonds. The minimum Gasteiger partial charge on any atom is -0.283 e. The first kappa shape index (κ1) is 12.3. The molecular formula is C12H14BrN3O. The van der Waals surface area contributed by atoms with Gasteiger partial charge in [0.2, 0.25) is 5.78 Å². The third-order valence-corrected chi connectivity index (χ3v) is 3.78. The summed E-state index contributed by atoms with van der Waals surface area (Å²) >= 11 is 3.36. The second kappa shape index (κ2) is 5.46. The van der Waals surface area contributed by atoms with Crippen molar-refractivity contribution in [3.05, 3.63) is 16.9 Å². The molecule has 0 unspecified atom stereocenters. The Balaban J connectivity index is 2.17. The Labute approximate surface area is 109 Å². The van der Waals surface area contributed by atoms with Gasteiger partial charge in [0.05, 0.1) is 16.7 Å². The van der Waals surface area contributed by atoms with Gasteiger partial charge in [0, 0.05) is 12.6 Å². The van der Waals surface area contributed by atoms with Crippen molar-refractivity contribution in [1.82, 2.24) is 9.78 Å². The highest BCUT2D eigenvalue weighted by atomic mass is 79.9. The minimum absolute atomic E-state index is 0.0379. The molecule has 2 rings (SSSR count). The van der Waals surface area contributed by atoms with Crippen LogP contribution in [0, 0.1) is 17.2 Å². The smallest absolute Gasteiger partial charge is 0.234 e. The van der Waals surface area contributed by atoms with Gasteiger partial charge < -0.3 is 0 Å². The SMILES string of the molecule is N#CC(=O)C[C@H](C1CCCC1)n1cc(Br)cn1. The van der Waals surface area contributed by atoms with E-state index >= 15 is 0 Å². The van der Waals surface area contributed by atoms with E-state index in [1.165, 1.54) is 12.8 Å². The lowest BCUT2D eigenvalue weighted by Gasteiger charge is -2.22. The molecule has 0 aromatic carbocycles. The maximum Gasteiger partial charge on any atom is 0.234 e. The van der Waals surface area contributed by atoms with Crippen molar-refractivity contribution in [3.8, 4) is 6.07 Å². The average molecular weight is 296 g/mol. The van der Waals surface area contributed by atoms with Crippen LogP contribution in [0.2, 0.25) is 0 Å². The Hall–Kier alpha value is -1.15. The maximum absolute atomic E-state index is 11.3. The fourth-order valence-corrected chi connectivity index (χ4v) is 2.85. The van der Waals surface area contributed by atoms with E-state index in [4.69, 9.17) is 5.26 Å². The van der Waals surface area contributed by atoms with E-state index < -0.39 is 0 Å². The fraction of sp³-hybridized carbons (Fsp3) is 0.583. The zero-order valence-electron chi connectivity index (χ0n) is 9.47. The molecule has 0 radical (unpaired) electrons. The van der Waals surface area contributed by atoms with Gasteiger partial charge in [0.25, 0.3) is 0 Å². The number of nitriles is 1. The van der Waals surface area contributed by atoms with Crippen molar-refractivity contribution in [3.63, 3.8) is 0 Å². The van der Waals surface area contributed by atoms with Crippen molar-refractivity contribution in [2.75, 3.05) is 0 Å². The Bertz CT molecular complexity index is 443. The highest BCUT2D eigenvalue weighted by molar-refractivity contribution is 9.10. The van der Waals surface area contributed by atoms with Crippen LogP contribution in [0.15, 0.2) is 16.9 Å². The summed E-state index contributed by atoms with van der Waals surface area (Å²) < 4.78 is 2.74. The minimum atomic E-state index is -0.353. The van der Waals surface area contributed by atoms with E-state index in [-0.39, 0.29) is 18.2 Å². The van der Waals surface area contributed by atoms with Crippen molar-refractivity contribution in [2.24, 2.45) is 5.92 Å². The maximum atomic E-state index is 11.3. The molecule has 1 aromatic heterocycles. The lowest BCUT2D eigenvalue weighted by atomic mass is 9.94. The molecule has 90 valence electrons. The molecule has 1 atom stereocenters. The van der Waals surface area contributed by atoms with E-state index in [0.717, 1.165) is 17.3 Å². The summed E-state index contributed by atoms with van der Waals surface area (Å²) in [6.07, 6.45) is 8.55. The van der Waals surface area contributed by atoms with Crippen LogP contribution in [0.5, 0.6) is 0 Å². The number of hydrogen-bond acceptors (Lipinski definition) is 3.